The number of methoxy groups -OCH3 is 2. The molecule has 4 heterocycles. The van der Waals surface area contributed by atoms with Crippen molar-refractivity contribution in [2.75, 3.05) is 27.4 Å². The number of ketones is 1. The Morgan fingerprint density at radius 1 is 1.02 bits per heavy atom. The van der Waals surface area contributed by atoms with Crippen LogP contribution in [0.25, 0.3) is 17.0 Å². The number of Topliss-reactive ketones (excluding diaryl/α,β-unsaturated/α-hetero) is 1. The summed E-state index contributed by atoms with van der Waals surface area (Å²) in [6.45, 7) is 4.22. The molecule has 3 fully saturated rings. The van der Waals surface area contributed by atoms with Crippen molar-refractivity contribution in [1.82, 2.24) is 14.6 Å². The molecule has 56 heavy (non-hydrogen) atoms. The molecule has 3 aliphatic heterocycles. The number of fused-ring (bicyclic) bond motifs is 4. The summed E-state index contributed by atoms with van der Waals surface area (Å²) in [5.74, 6) is -1.53. The zero-order valence-corrected chi connectivity index (χ0v) is 33.5. The first-order chi connectivity index (χ1) is 26.7. The molecule has 2 aromatic rings. The number of carbonyl (C=O) groups is 4. The Hall–Kier alpha value is -4.46. The summed E-state index contributed by atoms with van der Waals surface area (Å²) >= 11 is 0. The summed E-state index contributed by atoms with van der Waals surface area (Å²) in [5.41, 5.74) is -0.316. The number of nitrogens with zero attached hydrogens (tertiary/aromatic N) is 2. The summed E-state index contributed by atoms with van der Waals surface area (Å²) in [4.78, 5) is 62.8. The zero-order valence-electron chi connectivity index (χ0n) is 32.7. The van der Waals surface area contributed by atoms with Crippen LogP contribution < -0.4 is 18.9 Å². The highest BCUT2D eigenvalue weighted by atomic mass is 32.2. The molecule has 7 rings (SSSR count). The van der Waals surface area contributed by atoms with E-state index in [0.29, 0.717) is 66.8 Å². The van der Waals surface area contributed by atoms with Crippen LogP contribution in [0.4, 0.5) is 0 Å². The molecule has 14 heteroatoms. The second-order valence-corrected chi connectivity index (χ2v) is 18.9. The van der Waals surface area contributed by atoms with E-state index in [0.717, 1.165) is 24.8 Å². The van der Waals surface area contributed by atoms with Gasteiger partial charge >= 0.3 is 5.97 Å². The number of amides is 2. The SMILES string of the molecule is COc1cc2c3cc(c(OC)cc3n1)/C=C/CC(C)(C)COC(=O)C[C@H]1CCCCC/C=C\[C@H]3C[C@@]3(C(=O)NS(=O)(=O)C3CC3)CC(=O)[C@@H]3C[C@H](CN3C1=O)O2. The molecule has 1 aromatic carbocycles. The topological polar surface area (TPSA) is 167 Å². The highest BCUT2D eigenvalue weighted by Gasteiger charge is 2.61. The van der Waals surface area contributed by atoms with Crippen molar-refractivity contribution >= 4 is 50.6 Å². The van der Waals surface area contributed by atoms with Crippen molar-refractivity contribution in [2.24, 2.45) is 22.7 Å². The molecule has 2 amide bonds. The molecule has 13 nitrogen and oxygen atoms in total. The summed E-state index contributed by atoms with van der Waals surface area (Å²) < 4.78 is 51.9. The molecule has 1 aromatic heterocycles. The Bertz CT molecular complexity index is 2060. The van der Waals surface area contributed by atoms with Crippen LogP contribution in [0, 0.1) is 22.7 Å². The number of pyridine rings is 1. The van der Waals surface area contributed by atoms with Gasteiger partial charge in [0.1, 0.15) is 17.6 Å². The largest absolute Gasteiger partial charge is 0.496 e. The van der Waals surface area contributed by atoms with Gasteiger partial charge in [-0.2, -0.15) is 0 Å². The number of carbonyl (C=O) groups excluding carboxylic acids is 4. The molecule has 5 atom stereocenters. The van der Waals surface area contributed by atoms with Gasteiger partial charge < -0.3 is 23.8 Å². The van der Waals surface area contributed by atoms with Gasteiger partial charge in [-0.3, -0.25) is 23.9 Å². The average Bonchev–Trinajstić information content (AvgIpc) is 4.09. The first kappa shape index (κ1) is 39.8. The number of cyclic esters (lactones) is 1. The van der Waals surface area contributed by atoms with E-state index in [4.69, 9.17) is 18.9 Å². The molecular formula is C42H53N3O10S. The van der Waals surface area contributed by atoms with Gasteiger partial charge in [-0.15, -0.1) is 0 Å². The first-order valence-electron chi connectivity index (χ1n) is 19.8. The Morgan fingerprint density at radius 2 is 1.82 bits per heavy atom. The molecule has 5 bridgehead atoms. The average molecular weight is 792 g/mol. The summed E-state index contributed by atoms with van der Waals surface area (Å²) in [5, 5.41) is 0.0826. The molecule has 1 saturated heterocycles. The minimum absolute atomic E-state index is 0.0570. The van der Waals surface area contributed by atoms with Crippen molar-refractivity contribution in [3.63, 3.8) is 0 Å². The number of esters is 1. The Labute approximate surface area is 328 Å². The molecule has 302 valence electrons. The minimum atomic E-state index is -3.85. The third-order valence-corrected chi connectivity index (χ3v) is 13.8. The van der Waals surface area contributed by atoms with E-state index in [1.807, 2.05) is 44.2 Å². The quantitative estimate of drug-likeness (QED) is 0.292. The smallest absolute Gasteiger partial charge is 0.306 e. The van der Waals surface area contributed by atoms with E-state index in [1.54, 1.807) is 19.2 Å². The summed E-state index contributed by atoms with van der Waals surface area (Å²) in [6.07, 6.45) is 12.5. The van der Waals surface area contributed by atoms with Crippen LogP contribution in [0.2, 0.25) is 0 Å². The molecule has 2 saturated carbocycles. The lowest BCUT2D eigenvalue weighted by Crippen LogP contribution is -2.46. The van der Waals surface area contributed by atoms with E-state index in [9.17, 15) is 27.6 Å². The van der Waals surface area contributed by atoms with Gasteiger partial charge in [0.05, 0.1) is 56.0 Å². The van der Waals surface area contributed by atoms with E-state index < -0.39 is 56.0 Å². The van der Waals surface area contributed by atoms with E-state index in [1.165, 1.54) is 12.0 Å². The maximum absolute atomic E-state index is 14.7. The maximum Gasteiger partial charge on any atom is 0.306 e. The van der Waals surface area contributed by atoms with Crippen LogP contribution in [0.1, 0.15) is 96.5 Å². The lowest BCUT2D eigenvalue weighted by molar-refractivity contribution is -0.152. The van der Waals surface area contributed by atoms with Crippen molar-refractivity contribution in [3.8, 4) is 17.4 Å². The zero-order chi connectivity index (χ0) is 39.8. The number of allylic oxidation sites excluding steroid dienone is 3. The van der Waals surface area contributed by atoms with E-state index >= 15 is 0 Å². The fourth-order valence-corrected chi connectivity index (χ4v) is 9.71. The lowest BCUT2D eigenvalue weighted by atomic mass is 9.89. The normalized spacial score (nSPS) is 29.8. The Morgan fingerprint density at radius 3 is 2.57 bits per heavy atom. The maximum atomic E-state index is 14.7. The Kier molecular flexibility index (Phi) is 11.2. The third kappa shape index (κ3) is 8.59. The molecule has 2 aliphatic carbocycles. The van der Waals surface area contributed by atoms with Crippen LogP contribution >= 0.6 is 0 Å². The number of benzene rings is 1. The van der Waals surface area contributed by atoms with Crippen molar-refractivity contribution in [2.45, 2.75) is 108 Å². The second kappa shape index (κ2) is 15.8. The van der Waals surface area contributed by atoms with Crippen molar-refractivity contribution < 1.29 is 46.5 Å². The lowest BCUT2D eigenvalue weighted by Gasteiger charge is -2.29. The van der Waals surface area contributed by atoms with E-state index in [-0.39, 0.29) is 50.0 Å². The highest BCUT2D eigenvalue weighted by Crippen LogP contribution is 2.57. The van der Waals surface area contributed by atoms with E-state index in [2.05, 4.69) is 9.71 Å². The van der Waals surface area contributed by atoms with Gasteiger partial charge in [-0.25, -0.2) is 13.4 Å². The first-order valence-corrected chi connectivity index (χ1v) is 21.4. The van der Waals surface area contributed by atoms with Crippen molar-refractivity contribution in [1.29, 1.82) is 0 Å². The predicted octanol–water partition coefficient (Wildman–Crippen LogP) is 5.69. The number of hydrogen-bond acceptors (Lipinski definition) is 11. The predicted molar refractivity (Wildman–Crippen MR) is 208 cm³/mol. The Balaban J connectivity index is 1.28. The number of aromatic nitrogens is 1. The second-order valence-electron chi connectivity index (χ2n) is 16.9. The monoisotopic (exact) mass is 791 g/mol. The molecule has 0 spiro atoms. The van der Waals surface area contributed by atoms with Crippen molar-refractivity contribution in [3.05, 3.63) is 42.0 Å². The van der Waals surface area contributed by atoms with Gasteiger partial charge in [0.15, 0.2) is 5.78 Å². The molecule has 0 radical (unpaired) electrons. The number of hydrogen-bond donors (Lipinski definition) is 1. The van der Waals surface area contributed by atoms with Gasteiger partial charge in [0, 0.05) is 47.3 Å². The molecule has 1 N–H and O–H groups in total. The standard InChI is InChI=1S/C42H53N3O10S/c1-41(2)16-10-12-26-17-31-32(20-35(26)52-3)43-37(53-4)21-36(31)55-29-19-33-34(46)23-42(40(49)44-56(50,51)30-14-15-30)22-28(42)13-9-7-5-6-8-11-27(18-38(47)54-25-41)39(48)45(33)24-29/h9-10,12-13,17,20-21,27-30,33H,5-8,11,14-16,18-19,22-25H2,1-4H3,(H,44,49)/b12-10+,13-9-/t27-,28+,29-,33+,42-/m1/s1. The molecule has 5 aliphatic rings. The highest BCUT2D eigenvalue weighted by molar-refractivity contribution is 7.90. The fourth-order valence-electron chi connectivity index (χ4n) is 8.33. The van der Waals surface area contributed by atoms with Crippen LogP contribution in [-0.2, 0) is 33.9 Å². The van der Waals surface area contributed by atoms with Gasteiger partial charge in [-0.1, -0.05) is 51.0 Å². The minimum Gasteiger partial charge on any atom is -0.496 e. The summed E-state index contributed by atoms with van der Waals surface area (Å²) in [7, 11) is -0.762. The van der Waals surface area contributed by atoms with Crippen LogP contribution in [0.15, 0.2) is 36.4 Å². The summed E-state index contributed by atoms with van der Waals surface area (Å²) in [6, 6.07) is 4.44. The van der Waals surface area contributed by atoms with Gasteiger partial charge in [0.25, 0.3) is 0 Å². The van der Waals surface area contributed by atoms with Crippen LogP contribution in [0.5, 0.6) is 17.4 Å². The van der Waals surface area contributed by atoms with Gasteiger partial charge in [0.2, 0.25) is 27.7 Å². The third-order valence-electron chi connectivity index (χ3n) is 11.9. The number of nitrogens with one attached hydrogen (secondary N) is 1. The number of rotatable bonds is 5. The van der Waals surface area contributed by atoms with Crippen LogP contribution in [-0.4, -0.2) is 86.6 Å². The van der Waals surface area contributed by atoms with Gasteiger partial charge in [-0.05, 0) is 56.9 Å². The molecule has 0 unspecified atom stereocenters. The number of ether oxygens (including phenoxy) is 4. The van der Waals surface area contributed by atoms with Crippen LogP contribution in [0.3, 0.4) is 0 Å². The molecular weight excluding hydrogens is 739 g/mol. The number of sulfonamides is 1. The fraction of sp³-hybridized carbons (Fsp3) is 0.595.